The molecular formula is C15H19BrN2O6S. The van der Waals surface area contributed by atoms with E-state index in [0.717, 1.165) is 10.7 Å². The van der Waals surface area contributed by atoms with Crippen LogP contribution in [0.15, 0.2) is 22.8 Å². The maximum absolute atomic E-state index is 12.2. The molecule has 2 atom stereocenters. The third-order valence-corrected chi connectivity index (χ3v) is 6.44. The van der Waals surface area contributed by atoms with E-state index in [1.54, 1.807) is 19.1 Å². The fraction of sp³-hybridized carbons (Fsp3) is 0.533. The minimum atomic E-state index is -3.78. The number of aromatic nitrogens is 1. The predicted molar refractivity (Wildman–Crippen MR) is 94.1 cm³/mol. The van der Waals surface area contributed by atoms with Crippen molar-refractivity contribution in [1.82, 2.24) is 4.98 Å². The Morgan fingerprint density at radius 1 is 1.52 bits per heavy atom. The molecule has 25 heavy (non-hydrogen) atoms. The molecule has 0 unspecified atom stereocenters. The number of sulfone groups is 1. The molecule has 1 aromatic rings. The number of anilines is 1. The minimum Gasteiger partial charge on any atom is -0.465 e. The first kappa shape index (κ1) is 19.6. The summed E-state index contributed by atoms with van der Waals surface area (Å²) in [5.74, 6) is -0.471. The van der Waals surface area contributed by atoms with Crippen LogP contribution in [-0.2, 0) is 24.1 Å². The van der Waals surface area contributed by atoms with Crippen LogP contribution in [0.5, 0.6) is 0 Å². The fourth-order valence-corrected chi connectivity index (χ4v) is 3.53. The van der Waals surface area contributed by atoms with Crippen LogP contribution in [0.1, 0.15) is 20.3 Å². The largest absolute Gasteiger partial charge is 0.465 e. The second-order valence-corrected chi connectivity index (χ2v) is 9.24. The second-order valence-electron chi connectivity index (χ2n) is 5.88. The van der Waals surface area contributed by atoms with E-state index >= 15 is 0 Å². The highest BCUT2D eigenvalue weighted by molar-refractivity contribution is 9.10. The van der Waals surface area contributed by atoms with E-state index in [9.17, 15) is 18.0 Å². The van der Waals surface area contributed by atoms with Gasteiger partial charge in [0.05, 0.1) is 13.2 Å². The maximum atomic E-state index is 12.2. The highest BCUT2D eigenvalue weighted by Gasteiger charge is 2.49. The van der Waals surface area contributed by atoms with Crippen LogP contribution in [0, 0.1) is 0 Å². The molecule has 1 aliphatic rings. The van der Waals surface area contributed by atoms with Gasteiger partial charge in [-0.05, 0) is 41.9 Å². The molecule has 0 bridgehead atoms. The molecule has 0 radical (unpaired) electrons. The Kier molecular flexibility index (Phi) is 5.72. The summed E-state index contributed by atoms with van der Waals surface area (Å²) in [6.45, 7) is 3.03. The number of nitrogens with zero attached hydrogens (tertiary/aromatic N) is 2. The molecule has 1 aromatic heterocycles. The van der Waals surface area contributed by atoms with Gasteiger partial charge in [0.15, 0.2) is 14.6 Å². The van der Waals surface area contributed by atoms with Gasteiger partial charge in [0.25, 0.3) is 0 Å². The predicted octanol–water partition coefficient (Wildman–Crippen LogP) is 1.93. The number of cyclic esters (lactones) is 1. The number of amides is 1. The normalized spacial score (nSPS) is 20.1. The third-order valence-electron chi connectivity index (χ3n) is 4.01. The summed E-state index contributed by atoms with van der Waals surface area (Å²) < 4.78 is 33.4. The molecule has 10 heteroatoms. The van der Waals surface area contributed by atoms with Gasteiger partial charge in [0.2, 0.25) is 0 Å². The number of esters is 1. The second kappa shape index (κ2) is 7.28. The van der Waals surface area contributed by atoms with Crippen molar-refractivity contribution in [2.45, 2.75) is 31.1 Å². The number of halogens is 1. The summed E-state index contributed by atoms with van der Waals surface area (Å²) in [6.07, 6.45) is 0.898. The third kappa shape index (κ3) is 4.12. The van der Waals surface area contributed by atoms with E-state index in [1.807, 2.05) is 0 Å². The number of rotatable bonds is 6. The number of carbonyl (C=O) groups excluding carboxylic acids is 2. The van der Waals surface area contributed by atoms with Crippen molar-refractivity contribution in [3.63, 3.8) is 0 Å². The first-order valence-electron chi connectivity index (χ1n) is 7.55. The summed E-state index contributed by atoms with van der Waals surface area (Å²) in [4.78, 5) is 29.7. The lowest BCUT2D eigenvalue weighted by Crippen LogP contribution is -2.47. The van der Waals surface area contributed by atoms with E-state index in [-0.39, 0.29) is 19.6 Å². The summed E-state index contributed by atoms with van der Waals surface area (Å²) in [6, 6.07) is 3.36. The summed E-state index contributed by atoms with van der Waals surface area (Å²) in [7, 11) is -3.78. The Morgan fingerprint density at radius 3 is 2.72 bits per heavy atom. The van der Waals surface area contributed by atoms with Crippen LogP contribution < -0.4 is 4.90 Å². The lowest BCUT2D eigenvalue weighted by atomic mass is 10.0. The van der Waals surface area contributed by atoms with Crippen LogP contribution in [0.2, 0.25) is 0 Å². The van der Waals surface area contributed by atoms with E-state index in [2.05, 4.69) is 20.9 Å². The van der Waals surface area contributed by atoms with Crippen molar-refractivity contribution in [3.8, 4) is 0 Å². The number of ether oxygens (including phenoxy) is 2. The average molecular weight is 435 g/mol. The van der Waals surface area contributed by atoms with Crippen molar-refractivity contribution < 1.29 is 27.5 Å². The number of pyridine rings is 1. The Labute approximate surface area is 154 Å². The number of hydrogen-bond donors (Lipinski definition) is 0. The van der Waals surface area contributed by atoms with Crippen molar-refractivity contribution in [2.24, 2.45) is 0 Å². The molecule has 8 nitrogen and oxygen atoms in total. The Bertz CT molecular complexity index is 767. The van der Waals surface area contributed by atoms with Crippen LogP contribution in [0.3, 0.4) is 0 Å². The summed E-state index contributed by atoms with van der Waals surface area (Å²) >= 11 is 3.26. The van der Waals surface area contributed by atoms with Crippen LogP contribution in [0.4, 0.5) is 10.6 Å². The first-order chi connectivity index (χ1) is 11.6. The Balaban J connectivity index is 2.20. The van der Waals surface area contributed by atoms with Crippen molar-refractivity contribution in [3.05, 3.63) is 22.8 Å². The van der Waals surface area contributed by atoms with Crippen LogP contribution in [0.25, 0.3) is 0 Å². The molecule has 0 aromatic carbocycles. The van der Waals surface area contributed by atoms with Gasteiger partial charge in [0.1, 0.15) is 11.9 Å². The van der Waals surface area contributed by atoms with Gasteiger partial charge in [-0.2, -0.15) is 0 Å². The highest BCUT2D eigenvalue weighted by Crippen LogP contribution is 2.30. The summed E-state index contributed by atoms with van der Waals surface area (Å²) in [5, 5.41) is 0. The smallest absolute Gasteiger partial charge is 0.415 e. The highest BCUT2D eigenvalue weighted by atomic mass is 79.9. The van der Waals surface area contributed by atoms with Crippen molar-refractivity contribution in [2.75, 3.05) is 24.3 Å². The molecule has 1 fully saturated rings. The van der Waals surface area contributed by atoms with Gasteiger partial charge in [-0.15, -0.1) is 0 Å². The first-order valence-corrected chi connectivity index (χ1v) is 10.2. The van der Waals surface area contributed by atoms with Gasteiger partial charge in [-0.1, -0.05) is 0 Å². The van der Waals surface area contributed by atoms with Gasteiger partial charge < -0.3 is 9.47 Å². The van der Waals surface area contributed by atoms with E-state index in [0.29, 0.717) is 5.82 Å². The SMILES string of the molecule is CCOC(=O)[C@@](C)(C[C@H]1CN(c2ccc(Br)cn2)C(=O)O1)S(C)(=O)=O. The van der Waals surface area contributed by atoms with Crippen molar-refractivity contribution in [1.29, 1.82) is 0 Å². The fourth-order valence-electron chi connectivity index (χ4n) is 2.45. The molecule has 0 saturated carbocycles. The Hall–Kier alpha value is -1.68. The molecule has 2 rings (SSSR count). The average Bonchev–Trinajstić information content (AvgIpc) is 2.87. The number of carbonyl (C=O) groups is 2. The van der Waals surface area contributed by atoms with Gasteiger partial charge in [-0.3, -0.25) is 9.69 Å². The molecule has 2 heterocycles. The number of hydrogen-bond acceptors (Lipinski definition) is 7. The standard InChI is InChI=1S/C15H19BrN2O6S/c1-4-23-13(19)15(2,25(3,21)22)7-11-9-18(14(20)24-11)12-6-5-10(16)8-17-12/h5-6,8,11H,4,7,9H2,1-3H3/t11-,15+/m0/s1. The zero-order valence-electron chi connectivity index (χ0n) is 14.1. The van der Waals surface area contributed by atoms with Gasteiger partial charge >= 0.3 is 12.1 Å². The molecule has 0 N–H and O–H groups in total. The van der Waals surface area contributed by atoms with Gasteiger partial charge in [0, 0.05) is 23.3 Å². The Morgan fingerprint density at radius 2 is 2.20 bits per heavy atom. The minimum absolute atomic E-state index is 0.0589. The lowest BCUT2D eigenvalue weighted by molar-refractivity contribution is -0.146. The zero-order chi connectivity index (χ0) is 18.8. The van der Waals surface area contributed by atoms with Crippen LogP contribution in [-0.4, -0.2) is 55.7 Å². The van der Waals surface area contributed by atoms with E-state index in [1.165, 1.54) is 18.0 Å². The van der Waals surface area contributed by atoms with Gasteiger partial charge in [-0.25, -0.2) is 18.2 Å². The molecule has 1 aliphatic heterocycles. The summed E-state index contributed by atoms with van der Waals surface area (Å²) in [5.41, 5.74) is 0. The van der Waals surface area contributed by atoms with E-state index in [4.69, 9.17) is 9.47 Å². The maximum Gasteiger partial charge on any atom is 0.415 e. The molecule has 1 amide bonds. The quantitative estimate of drug-likeness (QED) is 0.629. The van der Waals surface area contributed by atoms with Crippen LogP contribution >= 0.6 is 15.9 Å². The molecule has 138 valence electrons. The van der Waals surface area contributed by atoms with Crippen molar-refractivity contribution >= 4 is 43.6 Å². The van der Waals surface area contributed by atoms with E-state index < -0.39 is 32.8 Å². The molecule has 0 spiro atoms. The topological polar surface area (TPSA) is 103 Å². The molecular weight excluding hydrogens is 416 g/mol. The molecule has 0 aliphatic carbocycles. The molecule has 1 saturated heterocycles. The monoisotopic (exact) mass is 434 g/mol. The zero-order valence-corrected chi connectivity index (χ0v) is 16.5. The lowest BCUT2D eigenvalue weighted by Gasteiger charge is -2.27.